The molecule has 0 bridgehead atoms. The number of fused-ring (bicyclic) bond motifs is 1. The summed E-state index contributed by atoms with van der Waals surface area (Å²) in [5.41, 5.74) is 0.887. The minimum absolute atomic E-state index is 0.294. The Balaban J connectivity index is 1.64. The number of hydrogen-bond donors (Lipinski definition) is 1. The highest BCUT2D eigenvalue weighted by molar-refractivity contribution is 7.22. The Morgan fingerprint density at radius 2 is 2.21 bits per heavy atom. The molecular formula is C22H32N4O2S. The highest BCUT2D eigenvalue weighted by Crippen LogP contribution is 2.36. The molecule has 2 heterocycles. The molecule has 6 nitrogen and oxygen atoms in total. The van der Waals surface area contributed by atoms with Gasteiger partial charge in [0.1, 0.15) is 13.4 Å². The Labute approximate surface area is 178 Å². The van der Waals surface area contributed by atoms with Gasteiger partial charge in [-0.3, -0.25) is 4.65 Å². The number of nitrogens with zero attached hydrogens (tertiary/aromatic N) is 3. The van der Waals surface area contributed by atoms with Gasteiger partial charge in [0.2, 0.25) is 0 Å². The van der Waals surface area contributed by atoms with Gasteiger partial charge in [-0.15, -0.1) is 12.3 Å². The predicted molar refractivity (Wildman–Crippen MR) is 121 cm³/mol. The molecule has 7 heteroatoms. The van der Waals surface area contributed by atoms with Crippen molar-refractivity contribution in [3.63, 3.8) is 0 Å². The molecule has 0 spiro atoms. The lowest BCUT2D eigenvalue weighted by molar-refractivity contribution is 0.0927. The first-order valence-electron chi connectivity index (χ1n) is 10.6. The largest absolute Gasteiger partial charge is 0.623 e. The van der Waals surface area contributed by atoms with Crippen molar-refractivity contribution in [2.24, 2.45) is 0 Å². The van der Waals surface area contributed by atoms with Crippen molar-refractivity contribution in [1.29, 1.82) is 0 Å². The van der Waals surface area contributed by atoms with Crippen molar-refractivity contribution >= 4 is 26.7 Å². The third-order valence-corrected chi connectivity index (χ3v) is 6.46. The molecule has 1 aliphatic rings. The van der Waals surface area contributed by atoms with Gasteiger partial charge in [-0.25, -0.2) is 10.2 Å². The lowest BCUT2D eigenvalue weighted by atomic mass is 10.2. The second-order valence-electron chi connectivity index (χ2n) is 7.62. The van der Waals surface area contributed by atoms with E-state index in [1.165, 1.54) is 30.6 Å². The number of aromatic nitrogens is 1. The molecule has 0 aliphatic carbocycles. The van der Waals surface area contributed by atoms with Crippen LogP contribution in [0.2, 0.25) is 0 Å². The molecule has 1 N–H and O–H groups in total. The summed E-state index contributed by atoms with van der Waals surface area (Å²) in [6.45, 7) is 5.20. The quantitative estimate of drug-likeness (QED) is 0.184. The molecule has 1 aromatic heterocycles. The van der Waals surface area contributed by atoms with Crippen LogP contribution in [0.1, 0.15) is 45.4 Å². The van der Waals surface area contributed by atoms with Crippen LogP contribution in [0, 0.1) is 17.6 Å². The molecule has 1 aliphatic heterocycles. The SMILES string of the molecule is C#CCCCN1CC(NCOCCCCCC)[N+]([O-])(c2nc3ccccc3s2)C1. The third-order valence-electron chi connectivity index (χ3n) is 5.31. The molecule has 3 rings (SSSR count). The molecule has 0 amide bonds. The molecule has 2 atom stereocenters. The smallest absolute Gasteiger partial charge is 0.289 e. The highest BCUT2D eigenvalue weighted by atomic mass is 32.1. The molecule has 2 aromatic rings. The lowest BCUT2D eigenvalue weighted by Gasteiger charge is -2.40. The van der Waals surface area contributed by atoms with Crippen LogP contribution in [-0.4, -0.2) is 49.1 Å². The number of unbranched alkanes of at least 4 members (excludes halogenated alkanes) is 4. The molecule has 0 radical (unpaired) electrons. The van der Waals surface area contributed by atoms with Crippen LogP contribution in [0.15, 0.2) is 24.3 Å². The van der Waals surface area contributed by atoms with Gasteiger partial charge < -0.3 is 9.94 Å². The third kappa shape index (κ3) is 5.76. The fourth-order valence-corrected chi connectivity index (χ4v) is 4.73. The number of hydroxylamine groups is 2. The van der Waals surface area contributed by atoms with Gasteiger partial charge in [0, 0.05) is 19.6 Å². The summed E-state index contributed by atoms with van der Waals surface area (Å²) < 4.78 is 6.31. The summed E-state index contributed by atoms with van der Waals surface area (Å²) in [5.74, 6) is 2.68. The molecule has 1 aromatic carbocycles. The Kier molecular flexibility index (Phi) is 8.42. The second-order valence-corrected chi connectivity index (χ2v) is 8.63. The summed E-state index contributed by atoms with van der Waals surface area (Å²) in [6, 6.07) is 7.92. The summed E-state index contributed by atoms with van der Waals surface area (Å²) in [4.78, 5) is 6.85. The maximum atomic E-state index is 13.9. The first kappa shape index (κ1) is 22.2. The highest BCUT2D eigenvalue weighted by Gasteiger charge is 2.43. The van der Waals surface area contributed by atoms with Gasteiger partial charge in [-0.2, -0.15) is 4.98 Å². The minimum Gasteiger partial charge on any atom is -0.623 e. The molecule has 1 saturated heterocycles. The van der Waals surface area contributed by atoms with Crippen LogP contribution in [0.3, 0.4) is 0 Å². The Bertz CT molecular complexity index is 772. The van der Waals surface area contributed by atoms with Gasteiger partial charge in [0.25, 0.3) is 5.13 Å². The Hall–Kier alpha value is -1.53. The van der Waals surface area contributed by atoms with E-state index < -0.39 is 4.65 Å². The number of para-hydroxylation sites is 1. The van der Waals surface area contributed by atoms with Crippen LogP contribution in [0.5, 0.6) is 0 Å². The first-order chi connectivity index (χ1) is 14.2. The van der Waals surface area contributed by atoms with Gasteiger partial charge in [0.15, 0.2) is 6.17 Å². The summed E-state index contributed by atoms with van der Waals surface area (Å²) in [6.07, 6.45) is 11.4. The van der Waals surface area contributed by atoms with Crippen molar-refractivity contribution in [2.75, 3.05) is 33.1 Å². The van der Waals surface area contributed by atoms with Gasteiger partial charge >= 0.3 is 0 Å². The maximum Gasteiger partial charge on any atom is 0.289 e. The first-order valence-corrected chi connectivity index (χ1v) is 11.4. The average Bonchev–Trinajstić information content (AvgIpc) is 3.30. The van der Waals surface area contributed by atoms with E-state index in [1.54, 1.807) is 0 Å². The monoisotopic (exact) mass is 416 g/mol. The van der Waals surface area contributed by atoms with Crippen molar-refractivity contribution in [1.82, 2.24) is 19.8 Å². The van der Waals surface area contributed by atoms with Crippen LogP contribution in [0.25, 0.3) is 10.2 Å². The molecule has 1 fully saturated rings. The standard InChI is InChI=1S/C22H32N4O2S/c1-3-5-7-11-15-28-17-23-21-16-25(14-10-6-4-2)18-26(21,27)22-24-19-12-8-9-13-20(19)29-22/h2,8-9,12-13,21,23H,3,5-7,10-11,14-18H2,1H3. The number of nitrogens with one attached hydrogen (secondary N) is 1. The fourth-order valence-electron chi connectivity index (χ4n) is 3.68. The van der Waals surface area contributed by atoms with Crippen molar-refractivity contribution in [3.8, 4) is 12.3 Å². The molecule has 0 saturated carbocycles. The van der Waals surface area contributed by atoms with E-state index >= 15 is 0 Å². The van der Waals surface area contributed by atoms with Crippen molar-refractivity contribution in [3.05, 3.63) is 29.5 Å². The fraction of sp³-hybridized carbons (Fsp3) is 0.591. The van der Waals surface area contributed by atoms with Crippen LogP contribution < -0.4 is 9.96 Å². The predicted octanol–water partition coefficient (Wildman–Crippen LogP) is 4.26. The van der Waals surface area contributed by atoms with E-state index in [0.717, 1.165) is 42.6 Å². The van der Waals surface area contributed by atoms with E-state index in [0.29, 0.717) is 25.1 Å². The van der Waals surface area contributed by atoms with Gasteiger partial charge in [-0.05, 0) is 25.0 Å². The summed E-state index contributed by atoms with van der Waals surface area (Å²) in [5, 5.41) is 17.9. The average molecular weight is 417 g/mol. The van der Waals surface area contributed by atoms with E-state index in [1.807, 2.05) is 24.3 Å². The second kappa shape index (κ2) is 11.0. The molecule has 29 heavy (non-hydrogen) atoms. The van der Waals surface area contributed by atoms with Crippen molar-refractivity contribution < 1.29 is 4.74 Å². The number of rotatable bonds is 12. The number of terminal acetylenes is 1. The Morgan fingerprint density at radius 3 is 3.00 bits per heavy atom. The maximum absolute atomic E-state index is 13.9. The molecule has 2 unspecified atom stereocenters. The Morgan fingerprint density at radius 1 is 1.34 bits per heavy atom. The zero-order chi connectivity index (χ0) is 20.5. The lowest BCUT2D eigenvalue weighted by Crippen LogP contribution is -2.56. The van der Waals surface area contributed by atoms with E-state index in [9.17, 15) is 5.21 Å². The number of quaternary nitrogens is 1. The summed E-state index contributed by atoms with van der Waals surface area (Å²) >= 11 is 1.49. The number of hydrogen-bond acceptors (Lipinski definition) is 6. The summed E-state index contributed by atoms with van der Waals surface area (Å²) in [7, 11) is 0. The van der Waals surface area contributed by atoms with Crippen molar-refractivity contribution in [2.45, 2.75) is 51.6 Å². The topological polar surface area (TPSA) is 60.5 Å². The van der Waals surface area contributed by atoms with Crippen LogP contribution in [0.4, 0.5) is 5.13 Å². The number of ether oxygens (including phenoxy) is 1. The van der Waals surface area contributed by atoms with E-state index in [2.05, 4.69) is 28.0 Å². The zero-order valence-corrected chi connectivity index (χ0v) is 18.1. The van der Waals surface area contributed by atoms with Crippen LogP contribution >= 0.6 is 11.3 Å². The van der Waals surface area contributed by atoms with E-state index in [-0.39, 0.29) is 6.17 Å². The number of thiazole rings is 1. The molecular weight excluding hydrogens is 384 g/mol. The molecule has 158 valence electrons. The normalized spacial score (nSPS) is 22.3. The van der Waals surface area contributed by atoms with E-state index in [4.69, 9.17) is 11.2 Å². The minimum atomic E-state index is -0.478. The number of benzene rings is 1. The van der Waals surface area contributed by atoms with Gasteiger partial charge in [-0.1, -0.05) is 49.7 Å². The van der Waals surface area contributed by atoms with Crippen LogP contribution in [-0.2, 0) is 4.74 Å². The van der Waals surface area contributed by atoms with Gasteiger partial charge in [0.05, 0.1) is 16.8 Å². The zero-order valence-electron chi connectivity index (χ0n) is 17.3.